The quantitative estimate of drug-likeness (QED) is 0.910. The fourth-order valence-corrected chi connectivity index (χ4v) is 4.09. The van der Waals surface area contributed by atoms with Gasteiger partial charge >= 0.3 is 0 Å². The molecule has 2 rings (SSSR count). The van der Waals surface area contributed by atoms with E-state index in [4.69, 9.17) is 11.6 Å². The molecule has 0 heterocycles. The molecule has 0 amide bonds. The molecule has 0 fully saturated rings. The van der Waals surface area contributed by atoms with Gasteiger partial charge < -0.3 is 0 Å². The lowest BCUT2D eigenvalue weighted by molar-refractivity contribution is 0.600. The summed E-state index contributed by atoms with van der Waals surface area (Å²) in [5.74, 6) is 0. The number of hydrogen-bond acceptors (Lipinski definition) is 4. The van der Waals surface area contributed by atoms with Crippen molar-refractivity contribution >= 4 is 37.1 Å². The van der Waals surface area contributed by atoms with Gasteiger partial charge in [-0.15, -0.1) is 0 Å². The molecule has 0 saturated heterocycles. The predicted molar refractivity (Wildman–Crippen MR) is 86.5 cm³/mol. The molecule has 0 saturated carbocycles. The van der Waals surface area contributed by atoms with Crippen LogP contribution in [0, 0.1) is 6.92 Å². The highest BCUT2D eigenvalue weighted by Crippen LogP contribution is 2.25. The third kappa shape index (κ3) is 3.79. The fraction of sp³-hybridized carbons (Fsp3) is 0.143. The Kier molecular flexibility index (Phi) is 4.51. The molecule has 0 unspecified atom stereocenters. The van der Waals surface area contributed by atoms with Gasteiger partial charge in [0.05, 0.1) is 9.92 Å². The lowest BCUT2D eigenvalue weighted by Crippen LogP contribution is -2.13. The molecule has 22 heavy (non-hydrogen) atoms. The van der Waals surface area contributed by atoms with Gasteiger partial charge in [0.25, 0.3) is 10.0 Å². The minimum absolute atomic E-state index is 0.0352. The molecule has 0 aliphatic carbocycles. The second-order valence-corrected chi connectivity index (χ2v) is 8.91. The highest BCUT2D eigenvalue weighted by atomic mass is 35.5. The van der Waals surface area contributed by atoms with Gasteiger partial charge in [0.1, 0.15) is 4.90 Å². The Morgan fingerprint density at radius 3 is 2.05 bits per heavy atom. The lowest BCUT2D eigenvalue weighted by atomic mass is 10.2. The average Bonchev–Trinajstić information content (AvgIpc) is 2.37. The van der Waals surface area contributed by atoms with Gasteiger partial charge in [0, 0.05) is 11.9 Å². The second kappa shape index (κ2) is 5.91. The molecule has 0 aliphatic rings. The van der Waals surface area contributed by atoms with E-state index in [0.29, 0.717) is 0 Å². The Labute approximate surface area is 134 Å². The molecule has 2 aromatic rings. The van der Waals surface area contributed by atoms with Crippen molar-refractivity contribution in [1.29, 1.82) is 0 Å². The molecular weight excluding hydrogens is 346 g/mol. The van der Waals surface area contributed by atoms with Gasteiger partial charge in [0.2, 0.25) is 0 Å². The molecule has 1 N–H and O–H groups in total. The van der Waals surface area contributed by atoms with Crippen LogP contribution < -0.4 is 4.72 Å². The molecule has 0 bridgehead atoms. The van der Waals surface area contributed by atoms with Crippen LogP contribution in [0.4, 0.5) is 5.69 Å². The maximum Gasteiger partial charge on any atom is 0.263 e. The Morgan fingerprint density at radius 2 is 1.55 bits per heavy atom. The topological polar surface area (TPSA) is 80.3 Å². The normalized spacial score (nSPS) is 12.1. The van der Waals surface area contributed by atoms with Crippen molar-refractivity contribution in [2.24, 2.45) is 0 Å². The van der Waals surface area contributed by atoms with E-state index in [1.165, 1.54) is 30.3 Å². The average molecular weight is 360 g/mol. The number of anilines is 1. The van der Waals surface area contributed by atoms with Gasteiger partial charge in [-0.2, -0.15) is 0 Å². The molecule has 0 aromatic heterocycles. The Hall–Kier alpha value is -1.57. The highest BCUT2D eigenvalue weighted by molar-refractivity contribution is 7.92. The molecule has 2 aromatic carbocycles. The number of sulfonamides is 1. The Bertz CT molecular complexity index is 904. The number of aryl methyl sites for hydroxylation is 1. The second-order valence-electron chi connectivity index (χ2n) is 4.84. The highest BCUT2D eigenvalue weighted by Gasteiger charge is 2.18. The first-order chi connectivity index (χ1) is 10.1. The molecular formula is C14H14ClNO4S2. The first-order valence-corrected chi connectivity index (χ1v) is 9.94. The number of nitrogens with one attached hydrogen (secondary N) is 1. The number of hydrogen-bond donors (Lipinski definition) is 1. The van der Waals surface area contributed by atoms with Gasteiger partial charge in [0.15, 0.2) is 9.84 Å². The van der Waals surface area contributed by atoms with Crippen LogP contribution in [0.25, 0.3) is 0 Å². The van der Waals surface area contributed by atoms with Crippen LogP contribution in [0.1, 0.15) is 5.56 Å². The summed E-state index contributed by atoms with van der Waals surface area (Å²) in [6.07, 6.45) is 1.08. The first kappa shape index (κ1) is 16.8. The number of benzene rings is 2. The van der Waals surface area contributed by atoms with E-state index in [2.05, 4.69) is 4.72 Å². The third-order valence-electron chi connectivity index (χ3n) is 2.91. The summed E-state index contributed by atoms with van der Waals surface area (Å²) in [4.78, 5) is 0.0794. The van der Waals surface area contributed by atoms with Crippen molar-refractivity contribution < 1.29 is 16.8 Å². The smallest absolute Gasteiger partial charge is 0.263 e. The van der Waals surface area contributed by atoms with E-state index < -0.39 is 19.9 Å². The number of sulfone groups is 1. The Morgan fingerprint density at radius 1 is 0.955 bits per heavy atom. The van der Waals surface area contributed by atoms with E-state index in [0.717, 1.165) is 11.8 Å². The molecule has 0 spiro atoms. The zero-order chi connectivity index (χ0) is 16.5. The zero-order valence-electron chi connectivity index (χ0n) is 11.9. The largest absolute Gasteiger partial charge is 0.280 e. The van der Waals surface area contributed by atoms with Gasteiger partial charge in [-0.05, 0) is 48.9 Å². The molecule has 0 radical (unpaired) electrons. The molecule has 5 nitrogen and oxygen atoms in total. The summed E-state index contributed by atoms with van der Waals surface area (Å²) < 4.78 is 49.7. The predicted octanol–water partition coefficient (Wildman–Crippen LogP) is 2.85. The summed E-state index contributed by atoms with van der Waals surface area (Å²) in [6.45, 7) is 1.81. The Balaban J connectivity index is 2.33. The zero-order valence-corrected chi connectivity index (χ0v) is 14.3. The van der Waals surface area contributed by atoms with Gasteiger partial charge in [-0.1, -0.05) is 17.7 Å². The van der Waals surface area contributed by atoms with Crippen molar-refractivity contribution in [2.75, 3.05) is 11.0 Å². The minimum atomic E-state index is -3.84. The van der Waals surface area contributed by atoms with Crippen LogP contribution in [-0.2, 0) is 19.9 Å². The van der Waals surface area contributed by atoms with Gasteiger partial charge in [-0.3, -0.25) is 4.72 Å². The van der Waals surface area contributed by atoms with Crippen molar-refractivity contribution in [2.45, 2.75) is 16.7 Å². The maximum atomic E-state index is 12.3. The van der Waals surface area contributed by atoms with E-state index >= 15 is 0 Å². The van der Waals surface area contributed by atoms with Crippen LogP contribution in [0.2, 0.25) is 5.02 Å². The summed E-state index contributed by atoms with van der Waals surface area (Å²) in [6, 6.07) is 10.1. The lowest BCUT2D eigenvalue weighted by Gasteiger charge is -2.10. The van der Waals surface area contributed by atoms with Gasteiger partial charge in [-0.25, -0.2) is 16.8 Å². The number of halogens is 1. The molecule has 0 atom stereocenters. The summed E-state index contributed by atoms with van der Waals surface area (Å²) in [5, 5.41) is 0.125. The standard InChI is InChI=1S/C14H14ClNO4S2/c1-10-3-8-14(13(15)9-10)22(19,20)16-11-4-6-12(7-5-11)21(2,17)18/h3-9,16H,1-2H3. The molecule has 0 aliphatic heterocycles. The van der Waals surface area contributed by atoms with Crippen molar-refractivity contribution in [3.05, 3.63) is 53.1 Å². The van der Waals surface area contributed by atoms with Crippen molar-refractivity contribution in [3.63, 3.8) is 0 Å². The van der Waals surface area contributed by atoms with Crippen LogP contribution in [0.5, 0.6) is 0 Å². The van der Waals surface area contributed by atoms with E-state index in [1.807, 2.05) is 0 Å². The monoisotopic (exact) mass is 359 g/mol. The van der Waals surface area contributed by atoms with Crippen LogP contribution >= 0.6 is 11.6 Å². The van der Waals surface area contributed by atoms with Crippen LogP contribution in [-0.4, -0.2) is 23.1 Å². The van der Waals surface area contributed by atoms with Crippen LogP contribution in [0.15, 0.2) is 52.3 Å². The number of rotatable bonds is 4. The van der Waals surface area contributed by atoms with E-state index in [-0.39, 0.29) is 20.5 Å². The fourth-order valence-electron chi connectivity index (χ4n) is 1.80. The molecule has 8 heteroatoms. The first-order valence-electron chi connectivity index (χ1n) is 6.19. The summed E-state index contributed by atoms with van der Waals surface area (Å²) in [7, 11) is -7.17. The van der Waals surface area contributed by atoms with E-state index in [1.54, 1.807) is 19.1 Å². The summed E-state index contributed by atoms with van der Waals surface area (Å²) >= 11 is 5.97. The summed E-state index contributed by atoms with van der Waals surface area (Å²) in [5.41, 5.74) is 1.10. The van der Waals surface area contributed by atoms with Crippen LogP contribution in [0.3, 0.4) is 0 Å². The van der Waals surface area contributed by atoms with Crippen molar-refractivity contribution in [3.8, 4) is 0 Å². The minimum Gasteiger partial charge on any atom is -0.280 e. The maximum absolute atomic E-state index is 12.3. The third-order valence-corrected chi connectivity index (χ3v) is 5.90. The van der Waals surface area contributed by atoms with Crippen molar-refractivity contribution in [1.82, 2.24) is 0 Å². The molecule has 118 valence electrons. The SMILES string of the molecule is Cc1ccc(S(=O)(=O)Nc2ccc(S(C)(=O)=O)cc2)c(Cl)c1. The van der Waals surface area contributed by atoms with E-state index in [9.17, 15) is 16.8 Å².